The number of amides is 3. The standard InChI is InChI=1S/C23H27N3O4/c1-15(21(27)25-19-13-7-11-17-10-5-6-12-18(17)19)30-22(28)20(26-23(24)29)14-16-8-3-2-4-9-16/h2-6,8-10,12,15,19-20H,7,11,13-14H2,1H3,(H,25,27)(H3,24,26,29)/t15-,19+,20+/m1/s1. The van der Waals surface area contributed by atoms with Crippen molar-refractivity contribution in [3.05, 3.63) is 71.3 Å². The number of rotatable bonds is 7. The van der Waals surface area contributed by atoms with Gasteiger partial charge in [-0.15, -0.1) is 0 Å². The largest absolute Gasteiger partial charge is 0.451 e. The summed E-state index contributed by atoms with van der Waals surface area (Å²) in [5.74, 6) is -1.08. The van der Waals surface area contributed by atoms with Crippen LogP contribution in [-0.4, -0.2) is 30.1 Å². The van der Waals surface area contributed by atoms with Gasteiger partial charge >= 0.3 is 12.0 Å². The van der Waals surface area contributed by atoms with Gasteiger partial charge in [-0.3, -0.25) is 4.79 Å². The number of hydrogen-bond donors (Lipinski definition) is 3. The van der Waals surface area contributed by atoms with Crippen LogP contribution in [0.3, 0.4) is 0 Å². The van der Waals surface area contributed by atoms with Gasteiger partial charge in [0.25, 0.3) is 5.91 Å². The van der Waals surface area contributed by atoms with E-state index in [-0.39, 0.29) is 18.4 Å². The second-order valence-corrected chi connectivity index (χ2v) is 7.48. The number of nitrogens with two attached hydrogens (primary N) is 1. The van der Waals surface area contributed by atoms with E-state index in [4.69, 9.17) is 10.5 Å². The van der Waals surface area contributed by atoms with Crippen LogP contribution in [-0.2, 0) is 27.2 Å². The molecule has 0 aliphatic heterocycles. The first kappa shape index (κ1) is 21.4. The Morgan fingerprint density at radius 2 is 1.80 bits per heavy atom. The summed E-state index contributed by atoms with van der Waals surface area (Å²) in [6.07, 6.45) is 2.03. The molecular weight excluding hydrogens is 382 g/mol. The molecule has 3 atom stereocenters. The second-order valence-electron chi connectivity index (χ2n) is 7.48. The van der Waals surface area contributed by atoms with Crippen molar-refractivity contribution in [3.63, 3.8) is 0 Å². The number of esters is 1. The number of hydrogen-bond acceptors (Lipinski definition) is 4. The van der Waals surface area contributed by atoms with E-state index >= 15 is 0 Å². The lowest BCUT2D eigenvalue weighted by atomic mass is 9.87. The van der Waals surface area contributed by atoms with E-state index in [9.17, 15) is 14.4 Å². The van der Waals surface area contributed by atoms with E-state index in [2.05, 4.69) is 16.7 Å². The highest BCUT2D eigenvalue weighted by molar-refractivity contribution is 5.87. The predicted octanol–water partition coefficient (Wildman–Crippen LogP) is 2.39. The van der Waals surface area contributed by atoms with Crippen molar-refractivity contribution < 1.29 is 19.1 Å². The Kier molecular flexibility index (Phi) is 7.06. The van der Waals surface area contributed by atoms with Crippen molar-refractivity contribution in [2.24, 2.45) is 5.73 Å². The summed E-state index contributed by atoms with van der Waals surface area (Å²) in [7, 11) is 0. The molecule has 30 heavy (non-hydrogen) atoms. The zero-order valence-corrected chi connectivity index (χ0v) is 17.0. The number of primary amides is 1. The summed E-state index contributed by atoms with van der Waals surface area (Å²) in [6, 6.07) is 15.3. The minimum Gasteiger partial charge on any atom is -0.451 e. The molecule has 1 aliphatic carbocycles. The smallest absolute Gasteiger partial charge is 0.329 e. The van der Waals surface area contributed by atoms with Crippen molar-refractivity contribution >= 4 is 17.9 Å². The number of carbonyl (C=O) groups excluding carboxylic acids is 3. The molecular formula is C23H27N3O4. The fraction of sp³-hybridized carbons (Fsp3) is 0.348. The van der Waals surface area contributed by atoms with Crippen LogP contribution in [0.1, 0.15) is 42.5 Å². The molecule has 3 amide bonds. The van der Waals surface area contributed by atoms with E-state index in [0.29, 0.717) is 0 Å². The van der Waals surface area contributed by atoms with E-state index in [1.807, 2.05) is 48.5 Å². The lowest BCUT2D eigenvalue weighted by Crippen LogP contribution is -2.48. The molecule has 2 aromatic rings. The number of urea groups is 1. The second kappa shape index (κ2) is 9.91. The summed E-state index contributed by atoms with van der Waals surface area (Å²) >= 11 is 0. The number of fused-ring (bicyclic) bond motifs is 1. The first-order chi connectivity index (χ1) is 14.4. The van der Waals surface area contributed by atoms with Gasteiger partial charge < -0.3 is 21.1 Å². The van der Waals surface area contributed by atoms with Gasteiger partial charge in [-0.05, 0) is 42.9 Å². The van der Waals surface area contributed by atoms with Crippen LogP contribution in [0.4, 0.5) is 4.79 Å². The van der Waals surface area contributed by atoms with Gasteiger partial charge in [-0.1, -0.05) is 54.6 Å². The zero-order chi connectivity index (χ0) is 21.5. The van der Waals surface area contributed by atoms with Gasteiger partial charge in [-0.25, -0.2) is 9.59 Å². The molecule has 7 nitrogen and oxygen atoms in total. The summed E-state index contributed by atoms with van der Waals surface area (Å²) in [4.78, 5) is 36.6. The average molecular weight is 409 g/mol. The fourth-order valence-electron chi connectivity index (χ4n) is 3.72. The molecule has 0 fully saturated rings. The molecule has 0 radical (unpaired) electrons. The maximum absolute atomic E-state index is 12.7. The monoisotopic (exact) mass is 409 g/mol. The summed E-state index contributed by atoms with van der Waals surface area (Å²) in [6.45, 7) is 1.52. The van der Waals surface area contributed by atoms with E-state index in [0.717, 1.165) is 30.4 Å². The molecule has 0 spiro atoms. The lowest BCUT2D eigenvalue weighted by molar-refractivity contribution is -0.156. The summed E-state index contributed by atoms with van der Waals surface area (Å²) in [5, 5.41) is 5.38. The Hall–Kier alpha value is -3.35. The third-order valence-corrected chi connectivity index (χ3v) is 5.23. The number of aryl methyl sites for hydroxylation is 1. The minimum atomic E-state index is -1.00. The van der Waals surface area contributed by atoms with Gasteiger partial charge in [0.05, 0.1) is 6.04 Å². The molecule has 7 heteroatoms. The third kappa shape index (κ3) is 5.59. The first-order valence-corrected chi connectivity index (χ1v) is 10.1. The molecule has 0 unspecified atom stereocenters. The Bertz CT molecular complexity index is 900. The molecule has 3 rings (SSSR count). The van der Waals surface area contributed by atoms with Crippen molar-refractivity contribution in [2.45, 2.75) is 50.8 Å². The van der Waals surface area contributed by atoms with E-state index in [1.54, 1.807) is 0 Å². The Labute approximate surface area is 176 Å². The van der Waals surface area contributed by atoms with Crippen LogP contribution in [0, 0.1) is 0 Å². The topological polar surface area (TPSA) is 111 Å². The van der Waals surface area contributed by atoms with Crippen LogP contribution >= 0.6 is 0 Å². The van der Waals surface area contributed by atoms with Crippen molar-refractivity contribution in [2.75, 3.05) is 0 Å². The van der Waals surface area contributed by atoms with E-state index in [1.165, 1.54) is 12.5 Å². The normalized spacial score (nSPS) is 17.2. The molecule has 158 valence electrons. The maximum Gasteiger partial charge on any atom is 0.329 e. The van der Waals surface area contributed by atoms with Crippen LogP contribution in [0.15, 0.2) is 54.6 Å². The van der Waals surface area contributed by atoms with Crippen molar-refractivity contribution in [1.82, 2.24) is 10.6 Å². The number of ether oxygens (including phenoxy) is 1. The van der Waals surface area contributed by atoms with Crippen LogP contribution in [0.25, 0.3) is 0 Å². The number of nitrogens with one attached hydrogen (secondary N) is 2. The fourth-order valence-corrected chi connectivity index (χ4v) is 3.72. The van der Waals surface area contributed by atoms with Gasteiger partial charge in [0.2, 0.25) is 0 Å². The summed E-state index contributed by atoms with van der Waals surface area (Å²) in [5.41, 5.74) is 8.38. The van der Waals surface area contributed by atoms with Crippen LogP contribution < -0.4 is 16.4 Å². The van der Waals surface area contributed by atoms with Crippen molar-refractivity contribution in [1.29, 1.82) is 0 Å². The van der Waals surface area contributed by atoms with Gasteiger partial charge in [-0.2, -0.15) is 0 Å². The highest BCUT2D eigenvalue weighted by atomic mass is 16.5. The summed E-state index contributed by atoms with van der Waals surface area (Å²) < 4.78 is 5.36. The Morgan fingerprint density at radius 1 is 1.10 bits per heavy atom. The Morgan fingerprint density at radius 3 is 2.53 bits per heavy atom. The molecule has 0 heterocycles. The number of benzene rings is 2. The van der Waals surface area contributed by atoms with E-state index < -0.39 is 24.1 Å². The SMILES string of the molecule is C[C@@H](OC(=O)[C@H](Cc1ccccc1)NC(N)=O)C(=O)N[C@H]1CCCc2ccccc21. The average Bonchev–Trinajstić information content (AvgIpc) is 2.74. The highest BCUT2D eigenvalue weighted by Crippen LogP contribution is 2.29. The van der Waals surface area contributed by atoms with Gasteiger partial charge in [0.1, 0.15) is 6.04 Å². The van der Waals surface area contributed by atoms with Crippen LogP contribution in [0.2, 0.25) is 0 Å². The Balaban J connectivity index is 1.61. The molecule has 0 bridgehead atoms. The minimum absolute atomic E-state index is 0.104. The molecule has 0 aromatic heterocycles. The third-order valence-electron chi connectivity index (χ3n) is 5.23. The van der Waals surface area contributed by atoms with Gasteiger partial charge in [0, 0.05) is 6.42 Å². The molecule has 2 aromatic carbocycles. The van der Waals surface area contributed by atoms with Crippen molar-refractivity contribution in [3.8, 4) is 0 Å². The quantitative estimate of drug-likeness (QED) is 0.610. The molecule has 4 N–H and O–H groups in total. The lowest BCUT2D eigenvalue weighted by Gasteiger charge is -2.27. The van der Waals surface area contributed by atoms with Crippen LogP contribution in [0.5, 0.6) is 0 Å². The molecule has 0 saturated heterocycles. The predicted molar refractivity (Wildman–Crippen MR) is 112 cm³/mol. The van der Waals surface area contributed by atoms with Gasteiger partial charge in [0.15, 0.2) is 6.10 Å². The number of carbonyl (C=O) groups is 3. The first-order valence-electron chi connectivity index (χ1n) is 10.1. The zero-order valence-electron chi connectivity index (χ0n) is 17.0. The molecule has 0 saturated carbocycles. The highest BCUT2D eigenvalue weighted by Gasteiger charge is 2.28. The molecule has 1 aliphatic rings. The maximum atomic E-state index is 12.7.